The van der Waals surface area contributed by atoms with Crippen molar-refractivity contribution in [3.63, 3.8) is 0 Å². The highest BCUT2D eigenvalue weighted by atomic mass is 32.2. The van der Waals surface area contributed by atoms with Gasteiger partial charge in [0.2, 0.25) is 15.7 Å². The van der Waals surface area contributed by atoms with Crippen molar-refractivity contribution in [3.05, 3.63) is 155 Å². The molecule has 0 saturated carbocycles. The molecule has 6 aromatic rings. The van der Waals surface area contributed by atoms with Gasteiger partial charge in [0.05, 0.1) is 0 Å². The van der Waals surface area contributed by atoms with E-state index in [9.17, 15) is 43.9 Å². The zero-order valence-electron chi connectivity index (χ0n) is 24.5. The van der Waals surface area contributed by atoms with E-state index >= 15 is 0 Å². The number of carbonyl (C=O) groups is 1. The van der Waals surface area contributed by atoms with Crippen LogP contribution in [0.1, 0.15) is 15.9 Å². The molecule has 242 valence electrons. The summed E-state index contributed by atoms with van der Waals surface area (Å²) in [6.07, 6.45) is 0. The Kier molecular flexibility index (Phi) is 9.82. The van der Waals surface area contributed by atoms with Gasteiger partial charge in [-0.1, -0.05) is 89.1 Å². The van der Waals surface area contributed by atoms with Crippen molar-refractivity contribution in [3.8, 4) is 11.2 Å². The maximum Gasteiger partial charge on any atom is 0.515 e. The molecular formula is C36H21BF8O2S. The highest BCUT2D eigenvalue weighted by Gasteiger charge is 2.38. The molecule has 48 heavy (non-hydrogen) atoms. The van der Waals surface area contributed by atoms with Gasteiger partial charge in [0.25, 0.3) is 0 Å². The topological polar surface area (TPSA) is 34.1 Å². The second kappa shape index (κ2) is 13.8. The first-order valence-corrected chi connectivity index (χ1v) is 15.8. The number of ketones is 1. The van der Waals surface area contributed by atoms with Crippen molar-refractivity contribution in [2.75, 3.05) is 5.75 Å². The molecule has 0 aliphatic carbocycles. The lowest BCUT2D eigenvalue weighted by Crippen LogP contribution is -2.41. The van der Waals surface area contributed by atoms with E-state index in [-0.39, 0.29) is 11.5 Å². The standard InChI is InChI=1S/C30H21O2S.C6BF8/c31-29(30-27-17-9-7-13-24(27)21-25-14-8-10-18-28(25)30)22-33(32,26-15-5-2-6-16-26)20-19-23-11-3-1-4-12-23;8-2-1(7(13,14)15)3(9)5(11)6(12)4(2)10/h1-18,21H,22H2;/q+1;-1. The smallest absolute Gasteiger partial charge is 0.445 e. The van der Waals surface area contributed by atoms with Crippen molar-refractivity contribution in [2.45, 2.75) is 4.90 Å². The molecule has 0 aromatic heterocycles. The van der Waals surface area contributed by atoms with Crippen LogP contribution in [0.15, 0.2) is 120 Å². The summed E-state index contributed by atoms with van der Waals surface area (Å²) in [5, 5.41) is 6.69. The van der Waals surface area contributed by atoms with Crippen LogP contribution in [0.2, 0.25) is 0 Å². The fourth-order valence-electron chi connectivity index (χ4n) is 4.96. The third kappa shape index (κ3) is 7.01. The van der Waals surface area contributed by atoms with E-state index in [0.717, 1.165) is 27.1 Å². The maximum atomic E-state index is 14.2. The second-order valence-electron chi connectivity index (χ2n) is 10.4. The number of rotatable bonds is 5. The highest BCUT2D eigenvalue weighted by Crippen LogP contribution is 2.31. The molecule has 6 rings (SSSR count). The predicted molar refractivity (Wildman–Crippen MR) is 172 cm³/mol. The SMILES string of the molecule is Fc1c(F)c(F)c([B-](F)(F)F)c(F)c1F.O=C(C[S+](=O)(C#Cc1ccccc1)c1ccccc1)c1c2ccccc2cc2ccccc12. The van der Waals surface area contributed by atoms with Crippen LogP contribution in [0.3, 0.4) is 0 Å². The normalized spacial score (nSPS) is 12.4. The molecule has 0 saturated heterocycles. The molecule has 0 fully saturated rings. The number of carbonyl (C=O) groups excluding carboxylic acids is 1. The summed E-state index contributed by atoms with van der Waals surface area (Å²) in [4.78, 5) is 14.4. The Morgan fingerprint density at radius 2 is 1.04 bits per heavy atom. The van der Waals surface area contributed by atoms with Gasteiger partial charge in [-0.2, -0.15) is 0 Å². The summed E-state index contributed by atoms with van der Waals surface area (Å²) >= 11 is 0. The van der Waals surface area contributed by atoms with Gasteiger partial charge in [-0.25, -0.2) is 22.0 Å². The molecule has 1 unspecified atom stereocenters. The quantitative estimate of drug-likeness (QED) is 0.0266. The van der Waals surface area contributed by atoms with Crippen LogP contribution >= 0.6 is 0 Å². The summed E-state index contributed by atoms with van der Waals surface area (Å²) in [5.74, 6) is -10.9. The van der Waals surface area contributed by atoms with Crippen LogP contribution in [-0.2, 0) is 14.1 Å². The van der Waals surface area contributed by atoms with Crippen LogP contribution in [0.25, 0.3) is 21.5 Å². The fourth-order valence-corrected chi connectivity index (χ4v) is 6.71. The van der Waals surface area contributed by atoms with Crippen molar-refractivity contribution >= 4 is 49.7 Å². The second-order valence-corrected chi connectivity index (χ2v) is 12.7. The zero-order chi connectivity index (χ0) is 34.6. The maximum absolute atomic E-state index is 14.2. The summed E-state index contributed by atoms with van der Waals surface area (Å²) in [6, 6.07) is 36.3. The molecule has 6 aromatic carbocycles. The molecule has 0 heterocycles. The molecule has 2 nitrogen and oxygen atoms in total. The molecule has 0 amide bonds. The third-order valence-corrected chi connectivity index (χ3v) is 9.35. The van der Waals surface area contributed by atoms with Crippen LogP contribution in [-0.4, -0.2) is 18.5 Å². The molecule has 0 bridgehead atoms. The van der Waals surface area contributed by atoms with E-state index in [4.69, 9.17) is 0 Å². The minimum atomic E-state index is -6.30. The van der Waals surface area contributed by atoms with Crippen LogP contribution in [0, 0.1) is 40.3 Å². The largest absolute Gasteiger partial charge is 0.515 e. The number of hydrogen-bond donors (Lipinski definition) is 0. The Morgan fingerprint density at radius 3 is 1.54 bits per heavy atom. The Balaban J connectivity index is 0.000000253. The first-order chi connectivity index (χ1) is 22.8. The lowest BCUT2D eigenvalue weighted by atomic mass is 9.79. The minimum Gasteiger partial charge on any atom is -0.445 e. The first-order valence-electron chi connectivity index (χ1n) is 14.1. The van der Waals surface area contributed by atoms with Gasteiger partial charge < -0.3 is 12.9 Å². The van der Waals surface area contributed by atoms with E-state index in [1.54, 1.807) is 12.1 Å². The van der Waals surface area contributed by atoms with Crippen molar-refractivity contribution < 1.29 is 43.9 Å². The first kappa shape index (κ1) is 34.1. The number of fused-ring (bicyclic) bond motifs is 2. The van der Waals surface area contributed by atoms with Crippen molar-refractivity contribution in [1.82, 2.24) is 0 Å². The molecule has 0 aliphatic heterocycles. The van der Waals surface area contributed by atoms with Gasteiger partial charge in [-0.05, 0) is 63.3 Å². The molecule has 1 atom stereocenters. The number of hydrogen-bond acceptors (Lipinski definition) is 2. The van der Waals surface area contributed by atoms with Gasteiger partial charge in [0.1, 0.15) is 11.6 Å². The minimum absolute atomic E-state index is 0.167. The summed E-state index contributed by atoms with van der Waals surface area (Å²) < 4.78 is 112. The predicted octanol–water partition coefficient (Wildman–Crippen LogP) is 9.18. The van der Waals surface area contributed by atoms with Gasteiger partial charge in [-0.15, -0.1) is 0 Å². The summed E-state index contributed by atoms with van der Waals surface area (Å²) in [5.41, 5.74) is -1.36. The van der Waals surface area contributed by atoms with E-state index in [2.05, 4.69) is 17.2 Å². The average Bonchev–Trinajstić information content (AvgIpc) is 3.08. The fraction of sp³-hybridized carbons (Fsp3) is 0.0278. The Bertz CT molecular complexity index is 2180. The Morgan fingerprint density at radius 1 is 0.604 bits per heavy atom. The van der Waals surface area contributed by atoms with Gasteiger partial charge in [-0.3, -0.25) is 4.79 Å². The van der Waals surface area contributed by atoms with Gasteiger partial charge in [0.15, 0.2) is 33.4 Å². The number of benzene rings is 6. The highest BCUT2D eigenvalue weighted by molar-refractivity contribution is 8.07. The van der Waals surface area contributed by atoms with Crippen LogP contribution in [0.5, 0.6) is 0 Å². The Hall–Kier alpha value is -5.28. The molecule has 0 spiro atoms. The number of halogens is 8. The van der Waals surface area contributed by atoms with Crippen LogP contribution < -0.4 is 5.46 Å². The van der Waals surface area contributed by atoms with Crippen LogP contribution in [0.4, 0.5) is 34.9 Å². The summed E-state index contributed by atoms with van der Waals surface area (Å²) in [6.45, 7) is -6.30. The van der Waals surface area contributed by atoms with Gasteiger partial charge >= 0.3 is 6.98 Å². The lowest BCUT2D eigenvalue weighted by Gasteiger charge is -2.17. The third-order valence-electron chi connectivity index (χ3n) is 7.21. The van der Waals surface area contributed by atoms with E-state index in [1.165, 1.54) is 0 Å². The van der Waals surface area contributed by atoms with Gasteiger partial charge in [0, 0.05) is 11.1 Å². The lowest BCUT2D eigenvalue weighted by molar-refractivity contribution is 0.102. The summed E-state index contributed by atoms with van der Waals surface area (Å²) in [7, 11) is -2.96. The van der Waals surface area contributed by atoms with E-state index in [1.807, 2.05) is 97.1 Å². The molecular weight excluding hydrogens is 659 g/mol. The van der Waals surface area contributed by atoms with E-state index in [0.29, 0.717) is 10.5 Å². The van der Waals surface area contributed by atoms with Crippen molar-refractivity contribution in [1.29, 1.82) is 0 Å². The number of Topliss-reactive ketones (excluding diaryl/α,β-unsaturated/α-hetero) is 1. The molecule has 0 N–H and O–H groups in total. The zero-order valence-corrected chi connectivity index (χ0v) is 25.3. The molecule has 0 radical (unpaired) electrons. The average molecular weight is 680 g/mol. The molecule has 12 heteroatoms. The monoisotopic (exact) mass is 680 g/mol. The van der Waals surface area contributed by atoms with E-state index < -0.39 is 51.5 Å². The molecule has 0 aliphatic rings. The Labute approximate surface area is 270 Å². The van der Waals surface area contributed by atoms with Crippen molar-refractivity contribution in [2.24, 2.45) is 0 Å².